The molecule has 2 N–H and O–H groups in total. The highest BCUT2D eigenvalue weighted by atomic mass is 127. The molecule has 0 aromatic heterocycles. The maximum absolute atomic E-state index is 12.6. The van der Waals surface area contributed by atoms with Gasteiger partial charge in [0.25, 0.3) is 15.9 Å². The van der Waals surface area contributed by atoms with E-state index in [1.165, 1.54) is 42.5 Å². The summed E-state index contributed by atoms with van der Waals surface area (Å²) in [5.74, 6) is -0.268. The Bertz CT molecular complexity index is 1180. The smallest absolute Gasteiger partial charge is 0.261 e. The van der Waals surface area contributed by atoms with Crippen LogP contribution in [0.4, 0.5) is 11.4 Å². The zero-order chi connectivity index (χ0) is 21.2. The molecule has 0 spiro atoms. The van der Waals surface area contributed by atoms with E-state index in [9.17, 15) is 13.2 Å². The monoisotopic (exact) mass is 560 g/mol. The second-order valence-corrected chi connectivity index (χ2v) is 9.88. The summed E-state index contributed by atoms with van der Waals surface area (Å²) in [6, 6.07) is 15.9. The van der Waals surface area contributed by atoms with Crippen LogP contribution < -0.4 is 10.0 Å². The van der Waals surface area contributed by atoms with Gasteiger partial charge in [0, 0.05) is 14.3 Å². The number of benzene rings is 3. The first kappa shape index (κ1) is 21.9. The minimum absolute atomic E-state index is 0.0337. The molecule has 0 fully saturated rings. The van der Waals surface area contributed by atoms with E-state index in [0.29, 0.717) is 16.3 Å². The molecule has 0 radical (unpaired) electrons. The molecule has 3 rings (SSSR count). The SMILES string of the molecule is Cc1ccc(C(=O)Nc2ccc(S(=O)(=O)Nc3ccc(Cl)cc3Cl)cc2)c(I)c1. The second-order valence-electron chi connectivity index (χ2n) is 6.19. The van der Waals surface area contributed by atoms with Crippen LogP contribution in [0.3, 0.4) is 0 Å². The Kier molecular flexibility index (Phi) is 6.72. The summed E-state index contributed by atoms with van der Waals surface area (Å²) in [5, 5.41) is 3.36. The van der Waals surface area contributed by atoms with E-state index in [-0.39, 0.29) is 21.5 Å². The van der Waals surface area contributed by atoms with E-state index in [1.807, 2.05) is 19.1 Å². The number of aryl methyl sites for hydroxylation is 1. The van der Waals surface area contributed by atoms with Crippen molar-refractivity contribution in [1.29, 1.82) is 0 Å². The van der Waals surface area contributed by atoms with Crippen molar-refractivity contribution in [1.82, 2.24) is 0 Å². The predicted octanol–water partition coefficient (Wildman–Crippen LogP) is 5.96. The summed E-state index contributed by atoms with van der Waals surface area (Å²) in [7, 11) is -3.85. The summed E-state index contributed by atoms with van der Waals surface area (Å²) in [6.45, 7) is 1.95. The summed E-state index contributed by atoms with van der Waals surface area (Å²) >= 11 is 14.0. The van der Waals surface area contributed by atoms with Crippen molar-refractivity contribution in [3.63, 3.8) is 0 Å². The van der Waals surface area contributed by atoms with Crippen molar-refractivity contribution < 1.29 is 13.2 Å². The van der Waals surface area contributed by atoms with Crippen LogP contribution in [0.5, 0.6) is 0 Å². The van der Waals surface area contributed by atoms with Gasteiger partial charge in [-0.05, 0) is 84.1 Å². The van der Waals surface area contributed by atoms with Gasteiger partial charge in [0.15, 0.2) is 0 Å². The molecule has 0 bridgehead atoms. The Labute approximate surface area is 192 Å². The maximum Gasteiger partial charge on any atom is 0.261 e. The fourth-order valence-electron chi connectivity index (χ4n) is 2.50. The van der Waals surface area contributed by atoms with Crippen LogP contribution in [-0.4, -0.2) is 14.3 Å². The van der Waals surface area contributed by atoms with Gasteiger partial charge in [0.1, 0.15) is 0 Å². The highest BCUT2D eigenvalue weighted by Gasteiger charge is 2.17. The van der Waals surface area contributed by atoms with E-state index in [0.717, 1.165) is 9.13 Å². The van der Waals surface area contributed by atoms with Crippen molar-refractivity contribution >= 4 is 73.1 Å². The zero-order valence-corrected chi connectivity index (χ0v) is 19.5. The van der Waals surface area contributed by atoms with Crippen molar-refractivity contribution in [3.8, 4) is 0 Å². The van der Waals surface area contributed by atoms with E-state index >= 15 is 0 Å². The minimum Gasteiger partial charge on any atom is -0.322 e. The number of hydrogen-bond acceptors (Lipinski definition) is 3. The molecule has 0 aliphatic heterocycles. The molecule has 29 heavy (non-hydrogen) atoms. The van der Waals surface area contributed by atoms with E-state index < -0.39 is 10.0 Å². The lowest BCUT2D eigenvalue weighted by Crippen LogP contribution is -2.15. The Morgan fingerprint density at radius 2 is 1.66 bits per heavy atom. The molecule has 0 saturated carbocycles. The molecule has 0 aliphatic rings. The van der Waals surface area contributed by atoms with Crippen LogP contribution in [0.15, 0.2) is 65.6 Å². The lowest BCUT2D eigenvalue weighted by Gasteiger charge is -2.11. The maximum atomic E-state index is 12.6. The molecular weight excluding hydrogens is 546 g/mol. The highest BCUT2D eigenvalue weighted by Crippen LogP contribution is 2.28. The molecule has 0 saturated heterocycles. The lowest BCUT2D eigenvalue weighted by molar-refractivity contribution is 0.102. The van der Waals surface area contributed by atoms with Gasteiger partial charge in [-0.2, -0.15) is 0 Å². The highest BCUT2D eigenvalue weighted by molar-refractivity contribution is 14.1. The van der Waals surface area contributed by atoms with Crippen LogP contribution in [0.25, 0.3) is 0 Å². The third-order valence-corrected chi connectivity index (χ3v) is 6.79. The number of sulfonamides is 1. The first-order valence-electron chi connectivity index (χ1n) is 8.31. The molecule has 0 heterocycles. The number of hydrogen-bond donors (Lipinski definition) is 2. The predicted molar refractivity (Wildman–Crippen MR) is 126 cm³/mol. The summed E-state index contributed by atoms with van der Waals surface area (Å²) in [6.07, 6.45) is 0. The fourth-order valence-corrected chi connectivity index (χ4v) is 5.00. The minimum atomic E-state index is -3.85. The van der Waals surface area contributed by atoms with Crippen molar-refractivity contribution in [2.24, 2.45) is 0 Å². The molecular formula is C20H15Cl2IN2O3S. The Morgan fingerprint density at radius 3 is 2.28 bits per heavy atom. The Balaban J connectivity index is 1.76. The summed E-state index contributed by atoms with van der Waals surface area (Å²) in [4.78, 5) is 12.5. The molecule has 3 aromatic carbocycles. The Morgan fingerprint density at radius 1 is 0.966 bits per heavy atom. The van der Waals surface area contributed by atoms with Gasteiger partial charge in [-0.3, -0.25) is 9.52 Å². The lowest BCUT2D eigenvalue weighted by atomic mass is 10.1. The molecule has 0 aliphatic carbocycles. The number of amides is 1. The van der Waals surface area contributed by atoms with Crippen LogP contribution in [0.2, 0.25) is 10.0 Å². The number of carbonyl (C=O) groups excluding carboxylic acids is 1. The number of halogens is 3. The van der Waals surface area contributed by atoms with Gasteiger partial charge in [-0.15, -0.1) is 0 Å². The van der Waals surface area contributed by atoms with Gasteiger partial charge in [-0.25, -0.2) is 8.42 Å². The van der Waals surface area contributed by atoms with Gasteiger partial charge in [0.2, 0.25) is 0 Å². The standard InChI is InChI=1S/C20H15Cl2IN2O3S/c1-12-2-8-16(18(23)10-12)20(26)24-14-4-6-15(7-5-14)29(27,28)25-19-9-3-13(21)11-17(19)22/h2-11,25H,1H3,(H,24,26). The van der Waals surface area contributed by atoms with Crippen LogP contribution in [0, 0.1) is 10.5 Å². The van der Waals surface area contributed by atoms with E-state index in [2.05, 4.69) is 32.6 Å². The largest absolute Gasteiger partial charge is 0.322 e. The topological polar surface area (TPSA) is 75.3 Å². The third-order valence-electron chi connectivity index (χ3n) is 3.97. The van der Waals surface area contributed by atoms with Crippen molar-refractivity contribution in [2.45, 2.75) is 11.8 Å². The molecule has 0 atom stereocenters. The van der Waals surface area contributed by atoms with Crippen molar-refractivity contribution in [2.75, 3.05) is 10.0 Å². The third kappa shape index (κ3) is 5.42. The second kappa shape index (κ2) is 8.91. The summed E-state index contributed by atoms with van der Waals surface area (Å²) in [5.41, 5.74) is 2.32. The zero-order valence-electron chi connectivity index (χ0n) is 15.0. The quantitative estimate of drug-likeness (QED) is 0.378. The molecule has 150 valence electrons. The molecule has 9 heteroatoms. The fraction of sp³-hybridized carbons (Fsp3) is 0.0500. The average Bonchev–Trinajstić information content (AvgIpc) is 2.64. The first-order chi connectivity index (χ1) is 13.7. The van der Waals surface area contributed by atoms with Gasteiger partial charge < -0.3 is 5.32 Å². The van der Waals surface area contributed by atoms with Gasteiger partial charge in [-0.1, -0.05) is 34.8 Å². The Hall–Kier alpha value is -1.81. The van der Waals surface area contributed by atoms with Gasteiger partial charge in [0.05, 0.1) is 21.2 Å². The van der Waals surface area contributed by atoms with E-state index in [4.69, 9.17) is 23.2 Å². The van der Waals surface area contributed by atoms with Crippen LogP contribution in [0.1, 0.15) is 15.9 Å². The number of rotatable bonds is 5. The number of nitrogens with one attached hydrogen (secondary N) is 2. The number of carbonyl (C=O) groups is 1. The summed E-state index contributed by atoms with van der Waals surface area (Å²) < 4.78 is 28.4. The van der Waals surface area contributed by atoms with Gasteiger partial charge >= 0.3 is 0 Å². The number of anilines is 2. The van der Waals surface area contributed by atoms with Crippen LogP contribution in [-0.2, 0) is 10.0 Å². The molecule has 3 aromatic rings. The van der Waals surface area contributed by atoms with Crippen LogP contribution >= 0.6 is 45.8 Å². The molecule has 1 amide bonds. The average molecular weight is 561 g/mol. The molecule has 0 unspecified atom stereocenters. The van der Waals surface area contributed by atoms with E-state index in [1.54, 1.807) is 6.07 Å². The molecule has 5 nitrogen and oxygen atoms in total. The normalized spacial score (nSPS) is 11.2. The van der Waals surface area contributed by atoms with Crippen molar-refractivity contribution in [3.05, 3.63) is 85.4 Å². The first-order valence-corrected chi connectivity index (χ1v) is 11.6.